The van der Waals surface area contributed by atoms with E-state index >= 15 is 0 Å². The molecule has 110 valence electrons. The van der Waals surface area contributed by atoms with Crippen LogP contribution in [0.3, 0.4) is 0 Å². The Morgan fingerprint density at radius 2 is 1.86 bits per heavy atom. The fourth-order valence-corrected chi connectivity index (χ4v) is 2.76. The first kappa shape index (κ1) is 14.0. The van der Waals surface area contributed by atoms with Gasteiger partial charge in [0.05, 0.1) is 5.69 Å². The number of nitrogens with zero attached hydrogens (tertiary/aromatic N) is 1. The normalized spacial score (nSPS) is 18.8. The van der Waals surface area contributed by atoms with Crippen LogP contribution in [-0.4, -0.2) is 19.6 Å². The first-order valence-electron chi connectivity index (χ1n) is 7.14. The smallest absolute Gasteiger partial charge is 0.146 e. The van der Waals surface area contributed by atoms with Crippen LogP contribution in [0, 0.1) is 18.6 Å². The summed E-state index contributed by atoms with van der Waals surface area (Å²) >= 11 is 0. The first-order valence-corrected chi connectivity index (χ1v) is 7.14. The number of anilines is 1. The summed E-state index contributed by atoms with van der Waals surface area (Å²) < 4.78 is 27.8. The van der Waals surface area contributed by atoms with Gasteiger partial charge in [-0.25, -0.2) is 8.78 Å². The van der Waals surface area contributed by atoms with Crippen molar-refractivity contribution >= 4 is 5.69 Å². The van der Waals surface area contributed by atoms with E-state index in [1.165, 1.54) is 12.1 Å². The minimum Gasteiger partial charge on any atom is -0.366 e. The molecule has 1 unspecified atom stereocenters. The minimum atomic E-state index is -0.360. The average Bonchev–Trinajstić information content (AvgIpc) is 2.52. The Bertz CT molecular complexity index is 628. The molecule has 1 N–H and O–H groups in total. The SMILES string of the molecule is Cc1cc(F)c(N2CCNC(c3ccccc3)C2)cc1F. The number of rotatable bonds is 2. The standard InChI is InChI=1S/C17H18F2N2/c1-12-9-15(19)17(10-14(12)18)21-8-7-20-16(11-21)13-5-3-2-4-6-13/h2-6,9-10,16,20H,7-8,11H2,1H3. The Kier molecular flexibility index (Phi) is 3.88. The molecule has 0 amide bonds. The molecule has 4 heteroatoms. The van der Waals surface area contributed by atoms with Crippen molar-refractivity contribution in [3.8, 4) is 0 Å². The number of hydrogen-bond acceptors (Lipinski definition) is 2. The summed E-state index contributed by atoms with van der Waals surface area (Å²) in [6.45, 7) is 3.62. The summed E-state index contributed by atoms with van der Waals surface area (Å²) in [5.74, 6) is -0.719. The number of halogens is 2. The highest BCUT2D eigenvalue weighted by atomic mass is 19.1. The molecule has 1 heterocycles. The van der Waals surface area contributed by atoms with E-state index in [0.29, 0.717) is 24.3 Å². The fourth-order valence-electron chi connectivity index (χ4n) is 2.76. The fraction of sp³-hybridized carbons (Fsp3) is 0.294. The Morgan fingerprint density at radius 3 is 2.62 bits per heavy atom. The van der Waals surface area contributed by atoms with Crippen LogP contribution in [0.25, 0.3) is 0 Å². The highest BCUT2D eigenvalue weighted by Gasteiger charge is 2.23. The van der Waals surface area contributed by atoms with Crippen LogP contribution in [0.2, 0.25) is 0 Å². The molecule has 2 aromatic rings. The van der Waals surface area contributed by atoms with Gasteiger partial charge >= 0.3 is 0 Å². The van der Waals surface area contributed by atoms with Gasteiger partial charge in [-0.1, -0.05) is 30.3 Å². The summed E-state index contributed by atoms with van der Waals surface area (Å²) in [6.07, 6.45) is 0. The number of hydrogen-bond donors (Lipinski definition) is 1. The van der Waals surface area contributed by atoms with Gasteiger partial charge in [0.2, 0.25) is 0 Å². The summed E-state index contributed by atoms with van der Waals surface area (Å²) in [6, 6.07) is 12.7. The third kappa shape index (κ3) is 2.90. The molecular formula is C17H18F2N2. The number of benzene rings is 2. The monoisotopic (exact) mass is 288 g/mol. The van der Waals surface area contributed by atoms with Gasteiger partial charge in [0, 0.05) is 31.7 Å². The quantitative estimate of drug-likeness (QED) is 0.911. The van der Waals surface area contributed by atoms with Crippen LogP contribution in [0.5, 0.6) is 0 Å². The minimum absolute atomic E-state index is 0.128. The average molecular weight is 288 g/mol. The van der Waals surface area contributed by atoms with E-state index < -0.39 is 0 Å². The molecule has 0 radical (unpaired) electrons. The van der Waals surface area contributed by atoms with Crippen molar-refractivity contribution in [3.63, 3.8) is 0 Å². The Hall–Kier alpha value is -1.94. The molecule has 1 fully saturated rings. The van der Waals surface area contributed by atoms with Gasteiger partial charge in [0.1, 0.15) is 11.6 Å². The van der Waals surface area contributed by atoms with Gasteiger partial charge in [0.25, 0.3) is 0 Å². The van der Waals surface area contributed by atoms with Crippen LogP contribution >= 0.6 is 0 Å². The van der Waals surface area contributed by atoms with E-state index in [2.05, 4.69) is 5.32 Å². The molecule has 1 aliphatic rings. The number of piperazine rings is 1. The number of nitrogens with one attached hydrogen (secondary N) is 1. The van der Waals surface area contributed by atoms with Crippen molar-refractivity contribution in [3.05, 3.63) is 65.2 Å². The predicted molar refractivity (Wildman–Crippen MR) is 80.5 cm³/mol. The lowest BCUT2D eigenvalue weighted by atomic mass is 10.0. The third-order valence-corrected chi connectivity index (χ3v) is 3.95. The topological polar surface area (TPSA) is 15.3 Å². The highest BCUT2D eigenvalue weighted by molar-refractivity contribution is 5.50. The summed E-state index contributed by atoms with van der Waals surface area (Å²) in [4.78, 5) is 1.91. The zero-order valence-corrected chi connectivity index (χ0v) is 11.9. The van der Waals surface area contributed by atoms with Crippen LogP contribution in [-0.2, 0) is 0 Å². The van der Waals surface area contributed by atoms with Crippen molar-refractivity contribution in [1.82, 2.24) is 5.32 Å². The molecule has 0 bridgehead atoms. The Morgan fingerprint density at radius 1 is 1.10 bits per heavy atom. The second-order valence-electron chi connectivity index (χ2n) is 5.42. The van der Waals surface area contributed by atoms with Gasteiger partial charge in [-0.2, -0.15) is 0 Å². The molecule has 2 aromatic carbocycles. The molecule has 0 aromatic heterocycles. The first-order chi connectivity index (χ1) is 10.1. The van der Waals surface area contributed by atoms with Gasteiger partial charge in [-0.15, -0.1) is 0 Å². The van der Waals surface area contributed by atoms with E-state index in [9.17, 15) is 8.78 Å². The Balaban J connectivity index is 1.85. The van der Waals surface area contributed by atoms with Crippen LogP contribution < -0.4 is 10.2 Å². The van der Waals surface area contributed by atoms with Gasteiger partial charge < -0.3 is 10.2 Å². The van der Waals surface area contributed by atoms with Crippen LogP contribution in [0.1, 0.15) is 17.2 Å². The maximum atomic E-state index is 14.1. The lowest BCUT2D eigenvalue weighted by Crippen LogP contribution is -2.46. The van der Waals surface area contributed by atoms with Crippen LogP contribution in [0.15, 0.2) is 42.5 Å². The van der Waals surface area contributed by atoms with E-state index in [4.69, 9.17) is 0 Å². The van der Waals surface area contributed by atoms with E-state index in [-0.39, 0.29) is 17.7 Å². The maximum absolute atomic E-state index is 14.1. The van der Waals surface area contributed by atoms with E-state index in [1.807, 2.05) is 35.2 Å². The predicted octanol–water partition coefficient (Wildman–Crippen LogP) is 3.42. The molecule has 2 nitrogen and oxygen atoms in total. The lowest BCUT2D eigenvalue weighted by Gasteiger charge is -2.35. The largest absolute Gasteiger partial charge is 0.366 e. The Labute approximate surface area is 123 Å². The third-order valence-electron chi connectivity index (χ3n) is 3.95. The molecule has 3 rings (SSSR count). The van der Waals surface area contributed by atoms with Gasteiger partial charge in [0.15, 0.2) is 0 Å². The van der Waals surface area contributed by atoms with Crippen molar-refractivity contribution in [1.29, 1.82) is 0 Å². The van der Waals surface area contributed by atoms with Crippen molar-refractivity contribution < 1.29 is 8.78 Å². The molecular weight excluding hydrogens is 270 g/mol. The number of aryl methyl sites for hydroxylation is 1. The lowest BCUT2D eigenvalue weighted by molar-refractivity contribution is 0.465. The summed E-state index contributed by atoms with van der Waals surface area (Å²) in [5.41, 5.74) is 1.85. The van der Waals surface area contributed by atoms with E-state index in [0.717, 1.165) is 12.1 Å². The van der Waals surface area contributed by atoms with Crippen molar-refractivity contribution in [2.45, 2.75) is 13.0 Å². The van der Waals surface area contributed by atoms with Crippen molar-refractivity contribution in [2.75, 3.05) is 24.5 Å². The van der Waals surface area contributed by atoms with Crippen molar-refractivity contribution in [2.24, 2.45) is 0 Å². The molecule has 1 saturated heterocycles. The van der Waals surface area contributed by atoms with Gasteiger partial charge in [-0.05, 0) is 24.1 Å². The second-order valence-corrected chi connectivity index (χ2v) is 5.42. The zero-order valence-electron chi connectivity index (χ0n) is 11.9. The molecule has 0 aliphatic carbocycles. The van der Waals surface area contributed by atoms with Crippen LogP contribution in [0.4, 0.5) is 14.5 Å². The maximum Gasteiger partial charge on any atom is 0.146 e. The molecule has 0 saturated carbocycles. The molecule has 1 aliphatic heterocycles. The zero-order chi connectivity index (χ0) is 14.8. The molecule has 1 atom stereocenters. The van der Waals surface area contributed by atoms with E-state index in [1.54, 1.807) is 6.92 Å². The molecule has 0 spiro atoms. The summed E-state index contributed by atoms with van der Waals surface area (Å²) in [7, 11) is 0. The second kappa shape index (κ2) is 5.82. The molecule has 21 heavy (non-hydrogen) atoms. The summed E-state index contributed by atoms with van der Waals surface area (Å²) in [5, 5.41) is 3.42. The highest BCUT2D eigenvalue weighted by Crippen LogP contribution is 2.27. The van der Waals surface area contributed by atoms with Gasteiger partial charge in [-0.3, -0.25) is 0 Å².